The van der Waals surface area contributed by atoms with Crippen LogP contribution in [-0.4, -0.2) is 36.8 Å². The summed E-state index contributed by atoms with van der Waals surface area (Å²) < 4.78 is 10.4. The standard InChI is InChI=1S/C12H19N3O3/c1-3-17-6-7-18-9(2)12(16)15-10-4-5-11(13)14-8-10/h4-5,8-9H,3,6-7H2,1-2H3,(H2,13,14)(H,15,16). The van der Waals surface area contributed by atoms with Crippen LogP contribution in [0.1, 0.15) is 13.8 Å². The van der Waals surface area contributed by atoms with Gasteiger partial charge < -0.3 is 20.5 Å². The lowest BCUT2D eigenvalue weighted by Crippen LogP contribution is -2.28. The normalized spacial score (nSPS) is 12.1. The minimum absolute atomic E-state index is 0.224. The predicted molar refractivity (Wildman–Crippen MR) is 69.2 cm³/mol. The topological polar surface area (TPSA) is 86.5 Å². The highest BCUT2D eigenvalue weighted by Crippen LogP contribution is 2.07. The molecule has 0 saturated heterocycles. The monoisotopic (exact) mass is 253 g/mol. The molecule has 0 aliphatic heterocycles. The summed E-state index contributed by atoms with van der Waals surface area (Å²) in [6, 6.07) is 3.31. The zero-order valence-electron chi connectivity index (χ0n) is 10.7. The van der Waals surface area contributed by atoms with Gasteiger partial charge in [-0.15, -0.1) is 0 Å². The largest absolute Gasteiger partial charge is 0.384 e. The summed E-state index contributed by atoms with van der Waals surface area (Å²) >= 11 is 0. The number of amides is 1. The van der Waals surface area contributed by atoms with Crippen molar-refractivity contribution in [1.29, 1.82) is 0 Å². The molecule has 1 rings (SSSR count). The molecular weight excluding hydrogens is 234 g/mol. The predicted octanol–water partition coefficient (Wildman–Crippen LogP) is 1.04. The number of rotatable bonds is 7. The van der Waals surface area contributed by atoms with Gasteiger partial charge in [0.25, 0.3) is 5.91 Å². The lowest BCUT2D eigenvalue weighted by molar-refractivity contribution is -0.127. The fourth-order valence-corrected chi connectivity index (χ4v) is 1.23. The number of nitrogens with two attached hydrogens (primary N) is 1. The van der Waals surface area contributed by atoms with Gasteiger partial charge in [-0.3, -0.25) is 4.79 Å². The van der Waals surface area contributed by atoms with E-state index < -0.39 is 6.10 Å². The molecule has 0 saturated carbocycles. The molecule has 1 amide bonds. The molecule has 0 bridgehead atoms. The first-order valence-electron chi connectivity index (χ1n) is 5.85. The highest BCUT2D eigenvalue weighted by atomic mass is 16.5. The molecule has 6 nitrogen and oxygen atoms in total. The molecule has 0 aliphatic rings. The van der Waals surface area contributed by atoms with Crippen molar-refractivity contribution < 1.29 is 14.3 Å². The first-order valence-corrected chi connectivity index (χ1v) is 5.85. The zero-order valence-corrected chi connectivity index (χ0v) is 10.7. The Morgan fingerprint density at radius 2 is 2.28 bits per heavy atom. The molecule has 0 aliphatic carbocycles. The number of aromatic nitrogens is 1. The van der Waals surface area contributed by atoms with Gasteiger partial charge in [0.05, 0.1) is 25.1 Å². The third-order valence-corrected chi connectivity index (χ3v) is 2.22. The van der Waals surface area contributed by atoms with E-state index in [1.165, 1.54) is 6.20 Å². The third kappa shape index (κ3) is 5.11. The van der Waals surface area contributed by atoms with Crippen molar-refractivity contribution >= 4 is 17.4 Å². The van der Waals surface area contributed by atoms with Gasteiger partial charge in [0.1, 0.15) is 11.9 Å². The minimum atomic E-state index is -0.539. The Balaban J connectivity index is 2.33. The number of anilines is 2. The maximum Gasteiger partial charge on any atom is 0.253 e. The van der Waals surface area contributed by atoms with E-state index in [9.17, 15) is 4.79 Å². The number of nitrogens with zero attached hydrogens (tertiary/aromatic N) is 1. The highest BCUT2D eigenvalue weighted by molar-refractivity contribution is 5.93. The molecule has 1 aromatic heterocycles. The summed E-state index contributed by atoms with van der Waals surface area (Å²) in [4.78, 5) is 15.6. The van der Waals surface area contributed by atoms with Crippen LogP contribution >= 0.6 is 0 Å². The molecule has 1 heterocycles. The maximum absolute atomic E-state index is 11.7. The Morgan fingerprint density at radius 3 is 2.89 bits per heavy atom. The second kappa shape index (κ2) is 7.62. The first kappa shape index (κ1) is 14.4. The Kier molecular flexibility index (Phi) is 6.10. The van der Waals surface area contributed by atoms with E-state index in [2.05, 4.69) is 10.3 Å². The van der Waals surface area contributed by atoms with E-state index in [0.29, 0.717) is 31.3 Å². The second-order valence-corrected chi connectivity index (χ2v) is 3.67. The minimum Gasteiger partial charge on any atom is -0.384 e. The number of nitrogen functional groups attached to an aromatic ring is 1. The van der Waals surface area contributed by atoms with Crippen LogP contribution in [0, 0.1) is 0 Å². The summed E-state index contributed by atoms with van der Waals surface area (Å²) in [6.45, 7) is 5.11. The molecule has 0 aromatic carbocycles. The van der Waals surface area contributed by atoms with Crippen LogP contribution in [0.2, 0.25) is 0 Å². The van der Waals surface area contributed by atoms with Gasteiger partial charge in [-0.25, -0.2) is 4.98 Å². The molecule has 1 aromatic rings. The molecule has 0 spiro atoms. The van der Waals surface area contributed by atoms with Crippen LogP contribution in [0.3, 0.4) is 0 Å². The van der Waals surface area contributed by atoms with Crippen molar-refractivity contribution in [3.8, 4) is 0 Å². The molecule has 1 atom stereocenters. The summed E-state index contributed by atoms with van der Waals surface area (Å²) in [6.07, 6.45) is 0.961. The van der Waals surface area contributed by atoms with Gasteiger partial charge in [-0.2, -0.15) is 0 Å². The second-order valence-electron chi connectivity index (χ2n) is 3.67. The lowest BCUT2D eigenvalue weighted by atomic mass is 10.3. The number of carbonyl (C=O) groups excluding carboxylic acids is 1. The van der Waals surface area contributed by atoms with E-state index in [-0.39, 0.29) is 5.91 Å². The average Bonchev–Trinajstić information content (AvgIpc) is 2.37. The maximum atomic E-state index is 11.7. The quantitative estimate of drug-likeness (QED) is 0.709. The van der Waals surface area contributed by atoms with Gasteiger partial charge in [0.15, 0.2) is 0 Å². The number of hydrogen-bond donors (Lipinski definition) is 2. The van der Waals surface area contributed by atoms with Crippen LogP contribution in [0.5, 0.6) is 0 Å². The van der Waals surface area contributed by atoms with Crippen molar-refractivity contribution in [3.05, 3.63) is 18.3 Å². The highest BCUT2D eigenvalue weighted by Gasteiger charge is 2.13. The number of carbonyl (C=O) groups is 1. The molecule has 6 heteroatoms. The van der Waals surface area contributed by atoms with Gasteiger partial charge in [0, 0.05) is 6.61 Å². The van der Waals surface area contributed by atoms with E-state index in [4.69, 9.17) is 15.2 Å². The van der Waals surface area contributed by atoms with E-state index in [1.54, 1.807) is 19.1 Å². The van der Waals surface area contributed by atoms with Crippen molar-refractivity contribution in [2.45, 2.75) is 20.0 Å². The fourth-order valence-electron chi connectivity index (χ4n) is 1.23. The van der Waals surface area contributed by atoms with E-state index in [0.717, 1.165) is 0 Å². The number of hydrogen-bond acceptors (Lipinski definition) is 5. The SMILES string of the molecule is CCOCCOC(C)C(=O)Nc1ccc(N)nc1. The van der Waals surface area contributed by atoms with E-state index >= 15 is 0 Å². The molecule has 1 unspecified atom stereocenters. The summed E-state index contributed by atoms with van der Waals surface area (Å²) in [7, 11) is 0. The van der Waals surface area contributed by atoms with Crippen LogP contribution in [-0.2, 0) is 14.3 Å². The van der Waals surface area contributed by atoms with Crippen molar-refractivity contribution in [2.75, 3.05) is 30.9 Å². The van der Waals surface area contributed by atoms with Crippen molar-refractivity contribution in [1.82, 2.24) is 4.98 Å². The van der Waals surface area contributed by atoms with Crippen molar-refractivity contribution in [2.24, 2.45) is 0 Å². The van der Waals surface area contributed by atoms with Crippen LogP contribution in [0.25, 0.3) is 0 Å². The van der Waals surface area contributed by atoms with Gasteiger partial charge in [-0.1, -0.05) is 0 Å². The summed E-state index contributed by atoms with van der Waals surface area (Å²) in [5, 5.41) is 2.69. The Bertz CT molecular complexity index is 367. The fraction of sp³-hybridized carbons (Fsp3) is 0.500. The van der Waals surface area contributed by atoms with Gasteiger partial charge in [0.2, 0.25) is 0 Å². The molecule has 100 valence electrons. The first-order chi connectivity index (χ1) is 8.63. The average molecular weight is 253 g/mol. The molecule has 0 radical (unpaired) electrons. The molecule has 18 heavy (non-hydrogen) atoms. The van der Waals surface area contributed by atoms with Crippen LogP contribution in [0.4, 0.5) is 11.5 Å². The number of nitrogens with one attached hydrogen (secondary N) is 1. The smallest absolute Gasteiger partial charge is 0.253 e. The number of ether oxygens (including phenoxy) is 2. The lowest BCUT2D eigenvalue weighted by Gasteiger charge is -2.13. The number of pyridine rings is 1. The van der Waals surface area contributed by atoms with Gasteiger partial charge in [-0.05, 0) is 26.0 Å². The van der Waals surface area contributed by atoms with Crippen molar-refractivity contribution in [3.63, 3.8) is 0 Å². The summed E-state index contributed by atoms with van der Waals surface area (Å²) in [5.41, 5.74) is 6.04. The van der Waals surface area contributed by atoms with Crippen LogP contribution < -0.4 is 11.1 Å². The summed E-state index contributed by atoms with van der Waals surface area (Å²) in [5.74, 6) is 0.187. The van der Waals surface area contributed by atoms with Crippen LogP contribution in [0.15, 0.2) is 18.3 Å². The Labute approximate surface area is 106 Å². The Hall–Kier alpha value is -1.66. The zero-order chi connectivity index (χ0) is 13.4. The molecular formula is C12H19N3O3. The third-order valence-electron chi connectivity index (χ3n) is 2.22. The Morgan fingerprint density at radius 1 is 1.50 bits per heavy atom. The van der Waals surface area contributed by atoms with Gasteiger partial charge >= 0.3 is 0 Å². The molecule has 0 fully saturated rings. The molecule has 3 N–H and O–H groups in total. The van der Waals surface area contributed by atoms with E-state index in [1.807, 2.05) is 6.92 Å².